The van der Waals surface area contributed by atoms with Gasteiger partial charge in [-0.2, -0.15) is 0 Å². The van der Waals surface area contributed by atoms with Crippen LogP contribution in [0.1, 0.15) is 239 Å². The lowest BCUT2D eigenvalue weighted by atomic mass is 9.98. The molecule has 1 heterocycles. The van der Waals surface area contributed by atoms with Crippen LogP contribution in [0.25, 0.3) is 0 Å². The molecule has 1 rings (SSSR count). The van der Waals surface area contributed by atoms with Crippen molar-refractivity contribution < 1.29 is 58.2 Å². The van der Waals surface area contributed by atoms with E-state index in [4.69, 9.17) is 23.7 Å². The molecule has 12 heteroatoms. The zero-order chi connectivity index (χ0) is 58.9. The first-order chi connectivity index (χ1) is 39.6. The van der Waals surface area contributed by atoms with Crippen LogP contribution in [0, 0.1) is 0 Å². The average molecular weight is 1130 g/mol. The van der Waals surface area contributed by atoms with Gasteiger partial charge in [0.2, 0.25) is 0 Å². The third-order valence-corrected chi connectivity index (χ3v) is 13.5. The Morgan fingerprint density at radius 2 is 0.815 bits per heavy atom. The molecule has 3 N–H and O–H groups in total. The van der Waals surface area contributed by atoms with E-state index in [0.29, 0.717) is 19.3 Å². The molecule has 6 unspecified atom stereocenters. The SMILES string of the molecule is CC/C=C\C/C=C\C/C=C\C/C=C\C/C=C\CC(=O)OC(COC(=O)CCCCCCCCC/C=C\C/C=C\CCCCC)COC1OC(C(=O)O)C(O)C(O)C1OC(=O)CCCCCCCC/C=C\C/C=C\C/C=C\CCCCC. The average Bonchev–Trinajstić information content (AvgIpc) is 3.52. The first-order valence-electron chi connectivity index (χ1n) is 31.5. The third kappa shape index (κ3) is 45.3. The van der Waals surface area contributed by atoms with E-state index in [1.807, 2.05) is 18.2 Å². The van der Waals surface area contributed by atoms with Crippen LogP contribution in [0.15, 0.2) is 122 Å². The highest BCUT2D eigenvalue weighted by Gasteiger charge is 2.50. The van der Waals surface area contributed by atoms with Crippen molar-refractivity contribution >= 4 is 23.9 Å². The second-order valence-electron chi connectivity index (χ2n) is 21.0. The standard InChI is InChI=1S/C69H110O12/c1-4-7-10-13-16-19-22-25-28-30-31-33-36-39-42-45-48-51-54-57-63(72)80-67-65(74)64(73)66(68(75)76)81-69(67)78-59-60(79-62(71)56-53-50-47-44-41-38-34-27-24-21-18-15-12-9-6-3)58-77-61(70)55-52-49-46-43-40-37-35-32-29-26-23-20-17-14-11-8-5-2/h9,12,16-21,25-29,31,33-34,41,44,50,53,60,64-67,69,73-74H,4-8,10-11,13-15,22-24,30,32,35-40,42-43,45-49,51-52,54-59H2,1-3H3,(H,75,76)/b12-9-,19-16-,20-17-,21-18-,28-25-,29-26-,33-31-,34-27-,44-41-,53-50-. The maximum absolute atomic E-state index is 13.1. The Morgan fingerprint density at radius 3 is 1.25 bits per heavy atom. The van der Waals surface area contributed by atoms with Crippen molar-refractivity contribution in [2.24, 2.45) is 0 Å². The summed E-state index contributed by atoms with van der Waals surface area (Å²) in [5.41, 5.74) is 0. The fourth-order valence-electron chi connectivity index (χ4n) is 8.71. The lowest BCUT2D eigenvalue weighted by Gasteiger charge is -2.40. The van der Waals surface area contributed by atoms with Gasteiger partial charge in [0.25, 0.3) is 0 Å². The van der Waals surface area contributed by atoms with Crippen molar-refractivity contribution in [3.05, 3.63) is 122 Å². The largest absolute Gasteiger partial charge is 0.479 e. The van der Waals surface area contributed by atoms with E-state index < -0.39 is 67.3 Å². The fourth-order valence-corrected chi connectivity index (χ4v) is 8.71. The summed E-state index contributed by atoms with van der Waals surface area (Å²) in [6, 6.07) is 0. The molecule has 0 amide bonds. The molecular formula is C69H110O12. The number of hydrogen-bond acceptors (Lipinski definition) is 11. The van der Waals surface area contributed by atoms with Gasteiger partial charge in [-0.15, -0.1) is 0 Å². The van der Waals surface area contributed by atoms with Crippen LogP contribution < -0.4 is 0 Å². The number of allylic oxidation sites excluding steroid dienone is 19. The van der Waals surface area contributed by atoms with E-state index in [2.05, 4.69) is 118 Å². The molecule has 0 aromatic carbocycles. The Labute approximate surface area is 490 Å². The molecule has 0 aromatic heterocycles. The van der Waals surface area contributed by atoms with E-state index in [1.54, 1.807) is 6.08 Å². The van der Waals surface area contributed by atoms with E-state index in [9.17, 15) is 34.5 Å². The second kappa shape index (κ2) is 55.6. The van der Waals surface area contributed by atoms with Gasteiger partial charge in [-0.3, -0.25) is 14.4 Å². The topological polar surface area (TPSA) is 175 Å². The number of ether oxygens (including phenoxy) is 5. The minimum atomic E-state index is -1.93. The molecule has 1 aliphatic rings. The fraction of sp³-hybridized carbons (Fsp3) is 0.652. The van der Waals surface area contributed by atoms with Crippen LogP contribution in [0.4, 0.5) is 0 Å². The van der Waals surface area contributed by atoms with Crippen LogP contribution in [0.5, 0.6) is 0 Å². The van der Waals surface area contributed by atoms with E-state index in [1.165, 1.54) is 57.8 Å². The smallest absolute Gasteiger partial charge is 0.335 e. The monoisotopic (exact) mass is 1130 g/mol. The molecule has 6 atom stereocenters. The summed E-state index contributed by atoms with van der Waals surface area (Å²) in [5.74, 6) is -3.33. The lowest BCUT2D eigenvalue weighted by Crippen LogP contribution is -2.61. The highest BCUT2D eigenvalue weighted by molar-refractivity contribution is 5.74. The van der Waals surface area contributed by atoms with Crippen LogP contribution in [0.2, 0.25) is 0 Å². The van der Waals surface area contributed by atoms with Crippen LogP contribution in [-0.4, -0.2) is 89.2 Å². The second-order valence-corrected chi connectivity index (χ2v) is 21.0. The van der Waals surface area contributed by atoms with Gasteiger partial charge < -0.3 is 39.0 Å². The molecule has 0 aromatic rings. The summed E-state index contributed by atoms with van der Waals surface area (Å²) in [5, 5.41) is 31.6. The van der Waals surface area contributed by atoms with Crippen LogP contribution in [-0.2, 0) is 42.9 Å². The Morgan fingerprint density at radius 1 is 0.432 bits per heavy atom. The third-order valence-electron chi connectivity index (χ3n) is 13.5. The van der Waals surface area contributed by atoms with Crippen molar-refractivity contribution in [1.82, 2.24) is 0 Å². The minimum absolute atomic E-state index is 0.0286. The first-order valence-corrected chi connectivity index (χ1v) is 31.5. The molecule has 0 bridgehead atoms. The Kier molecular flexibility index (Phi) is 50.9. The number of carboxylic acid groups (broad SMARTS) is 1. The highest BCUT2D eigenvalue weighted by Crippen LogP contribution is 2.26. The molecule has 0 saturated carbocycles. The first kappa shape index (κ1) is 74.1. The van der Waals surface area contributed by atoms with E-state index >= 15 is 0 Å². The molecule has 0 radical (unpaired) electrons. The Balaban J connectivity index is 2.73. The number of carbonyl (C=O) groups excluding carboxylic acids is 3. The van der Waals surface area contributed by atoms with Gasteiger partial charge in [0.1, 0.15) is 18.8 Å². The molecule has 0 spiro atoms. The molecule has 458 valence electrons. The van der Waals surface area contributed by atoms with Gasteiger partial charge in [0, 0.05) is 12.8 Å². The molecule has 81 heavy (non-hydrogen) atoms. The van der Waals surface area contributed by atoms with E-state index in [0.717, 1.165) is 122 Å². The minimum Gasteiger partial charge on any atom is -0.479 e. The summed E-state index contributed by atoms with van der Waals surface area (Å²) >= 11 is 0. The molecule has 0 aliphatic carbocycles. The summed E-state index contributed by atoms with van der Waals surface area (Å²) < 4.78 is 28.3. The number of carbonyl (C=O) groups is 4. The number of unbranched alkanes of at least 4 members (excludes halogenated alkanes) is 19. The van der Waals surface area contributed by atoms with Gasteiger partial charge >= 0.3 is 23.9 Å². The number of carboxylic acids is 1. The quantitative estimate of drug-likeness (QED) is 0.0228. The van der Waals surface area contributed by atoms with Gasteiger partial charge in [-0.1, -0.05) is 226 Å². The summed E-state index contributed by atoms with van der Waals surface area (Å²) in [7, 11) is 0. The van der Waals surface area contributed by atoms with Crippen molar-refractivity contribution in [2.75, 3.05) is 13.2 Å². The number of esters is 3. The molecule has 12 nitrogen and oxygen atoms in total. The van der Waals surface area contributed by atoms with Gasteiger partial charge in [-0.05, 0) is 116 Å². The Hall–Kier alpha value is -4.88. The van der Waals surface area contributed by atoms with Gasteiger partial charge in [-0.25, -0.2) is 4.79 Å². The van der Waals surface area contributed by atoms with Crippen molar-refractivity contribution in [3.8, 4) is 0 Å². The van der Waals surface area contributed by atoms with Crippen LogP contribution in [0.3, 0.4) is 0 Å². The molecule has 1 aliphatic heterocycles. The van der Waals surface area contributed by atoms with Gasteiger partial charge in [0.15, 0.2) is 24.6 Å². The van der Waals surface area contributed by atoms with Crippen molar-refractivity contribution in [2.45, 2.75) is 276 Å². The predicted molar refractivity (Wildman–Crippen MR) is 330 cm³/mol. The number of aliphatic hydroxyl groups excluding tert-OH is 2. The zero-order valence-corrected chi connectivity index (χ0v) is 50.5. The number of rotatable bonds is 52. The summed E-state index contributed by atoms with van der Waals surface area (Å²) in [4.78, 5) is 51.2. The molecule has 1 saturated heterocycles. The highest BCUT2D eigenvalue weighted by atomic mass is 16.7. The lowest BCUT2D eigenvalue weighted by molar-refractivity contribution is -0.301. The van der Waals surface area contributed by atoms with Crippen LogP contribution >= 0.6 is 0 Å². The molecule has 1 fully saturated rings. The maximum Gasteiger partial charge on any atom is 0.335 e. The number of aliphatic carboxylic acids is 1. The van der Waals surface area contributed by atoms with Gasteiger partial charge in [0.05, 0.1) is 13.0 Å². The van der Waals surface area contributed by atoms with E-state index in [-0.39, 0.29) is 25.9 Å². The Bertz CT molecular complexity index is 1870. The zero-order valence-electron chi connectivity index (χ0n) is 50.5. The maximum atomic E-state index is 13.1. The number of hydrogen-bond donors (Lipinski definition) is 3. The summed E-state index contributed by atoms with van der Waals surface area (Å²) in [6.07, 6.45) is 64.7. The van der Waals surface area contributed by atoms with Crippen molar-refractivity contribution in [3.63, 3.8) is 0 Å². The summed E-state index contributed by atoms with van der Waals surface area (Å²) in [6.45, 7) is 5.73. The molecular weight excluding hydrogens is 1020 g/mol. The predicted octanol–water partition coefficient (Wildman–Crippen LogP) is 16.8. The van der Waals surface area contributed by atoms with Crippen molar-refractivity contribution in [1.29, 1.82) is 0 Å². The normalized spacial score (nSPS) is 18.6. The number of aliphatic hydroxyl groups is 2.